The van der Waals surface area contributed by atoms with E-state index in [9.17, 15) is 0 Å². The summed E-state index contributed by atoms with van der Waals surface area (Å²) >= 11 is 0. The molecule has 2 heterocycles. The summed E-state index contributed by atoms with van der Waals surface area (Å²) in [6, 6.07) is 9.75. The van der Waals surface area contributed by atoms with Crippen LogP contribution in [-0.2, 0) is 0 Å². The summed E-state index contributed by atoms with van der Waals surface area (Å²) < 4.78 is 5.21. The van der Waals surface area contributed by atoms with Gasteiger partial charge in [0.25, 0.3) is 0 Å². The standard InChI is InChI=1S/C15H19NO/c1-17-13-8-5-11(6-9-13)14-4-2-3-12-7-10-15(14)16-12/h4-6,8-9,12,15-16H,2-3,7,10H2,1H3. The van der Waals surface area contributed by atoms with Crippen LogP contribution in [0.15, 0.2) is 30.3 Å². The summed E-state index contributed by atoms with van der Waals surface area (Å²) in [5.74, 6) is 0.931. The maximum atomic E-state index is 5.21. The molecule has 0 amide bonds. The van der Waals surface area contributed by atoms with Crippen molar-refractivity contribution in [2.75, 3.05) is 7.11 Å². The van der Waals surface area contributed by atoms with E-state index in [1.165, 1.54) is 36.8 Å². The molecule has 3 rings (SSSR count). The summed E-state index contributed by atoms with van der Waals surface area (Å²) in [6.07, 6.45) is 7.52. The molecule has 90 valence electrons. The fraction of sp³-hybridized carbons (Fsp3) is 0.467. The van der Waals surface area contributed by atoms with Gasteiger partial charge in [0.1, 0.15) is 5.75 Å². The van der Waals surface area contributed by atoms with E-state index in [-0.39, 0.29) is 0 Å². The molecule has 2 unspecified atom stereocenters. The van der Waals surface area contributed by atoms with Crippen LogP contribution in [0.2, 0.25) is 0 Å². The van der Waals surface area contributed by atoms with Crippen LogP contribution in [0, 0.1) is 0 Å². The third-order valence-corrected chi connectivity index (χ3v) is 3.92. The molecular formula is C15H19NO. The highest BCUT2D eigenvalue weighted by Gasteiger charge is 2.28. The van der Waals surface area contributed by atoms with Crippen molar-refractivity contribution in [3.8, 4) is 5.75 Å². The highest BCUT2D eigenvalue weighted by atomic mass is 16.5. The number of hydrogen-bond acceptors (Lipinski definition) is 2. The predicted octanol–water partition coefficient (Wildman–Crippen LogP) is 2.99. The van der Waals surface area contributed by atoms with Gasteiger partial charge >= 0.3 is 0 Å². The smallest absolute Gasteiger partial charge is 0.118 e. The number of benzene rings is 1. The number of fused-ring (bicyclic) bond motifs is 2. The van der Waals surface area contributed by atoms with Gasteiger partial charge in [-0.1, -0.05) is 18.2 Å². The van der Waals surface area contributed by atoms with Gasteiger partial charge in [-0.15, -0.1) is 0 Å². The average molecular weight is 229 g/mol. The summed E-state index contributed by atoms with van der Waals surface area (Å²) in [5.41, 5.74) is 2.82. The second-order valence-corrected chi connectivity index (χ2v) is 4.96. The van der Waals surface area contributed by atoms with Crippen molar-refractivity contribution in [3.05, 3.63) is 35.9 Å². The minimum Gasteiger partial charge on any atom is -0.497 e. The second-order valence-electron chi connectivity index (χ2n) is 4.96. The van der Waals surface area contributed by atoms with E-state index in [0.29, 0.717) is 6.04 Å². The fourth-order valence-corrected chi connectivity index (χ4v) is 2.98. The molecule has 0 saturated carbocycles. The first-order valence-corrected chi connectivity index (χ1v) is 6.47. The molecule has 2 atom stereocenters. The Hall–Kier alpha value is -1.28. The largest absolute Gasteiger partial charge is 0.497 e. The third-order valence-electron chi connectivity index (χ3n) is 3.92. The van der Waals surface area contributed by atoms with Gasteiger partial charge in [-0.2, -0.15) is 0 Å². The molecule has 2 aliphatic rings. The number of methoxy groups -OCH3 is 1. The van der Waals surface area contributed by atoms with Crippen molar-refractivity contribution in [2.24, 2.45) is 0 Å². The van der Waals surface area contributed by atoms with Crippen LogP contribution in [0.4, 0.5) is 0 Å². The monoisotopic (exact) mass is 229 g/mol. The Kier molecular flexibility index (Phi) is 2.89. The van der Waals surface area contributed by atoms with Gasteiger partial charge in [-0.25, -0.2) is 0 Å². The summed E-state index contributed by atoms with van der Waals surface area (Å²) in [5, 5.41) is 3.73. The van der Waals surface area contributed by atoms with E-state index >= 15 is 0 Å². The quantitative estimate of drug-likeness (QED) is 0.841. The van der Waals surface area contributed by atoms with Gasteiger partial charge in [-0.3, -0.25) is 0 Å². The van der Waals surface area contributed by atoms with Crippen molar-refractivity contribution >= 4 is 5.57 Å². The molecule has 2 aliphatic heterocycles. The van der Waals surface area contributed by atoms with Gasteiger partial charge in [0, 0.05) is 12.1 Å². The van der Waals surface area contributed by atoms with Gasteiger partial charge in [0.05, 0.1) is 7.11 Å². The zero-order valence-corrected chi connectivity index (χ0v) is 10.3. The summed E-state index contributed by atoms with van der Waals surface area (Å²) in [6.45, 7) is 0. The highest BCUT2D eigenvalue weighted by Crippen LogP contribution is 2.32. The van der Waals surface area contributed by atoms with Gasteiger partial charge in [0.15, 0.2) is 0 Å². The molecular weight excluding hydrogens is 210 g/mol. The van der Waals surface area contributed by atoms with E-state index in [1.54, 1.807) is 7.11 Å². The maximum absolute atomic E-state index is 5.21. The number of ether oxygens (including phenoxy) is 1. The van der Waals surface area contributed by atoms with Crippen LogP contribution in [0.25, 0.3) is 5.57 Å². The Bertz CT molecular complexity index is 421. The Balaban J connectivity index is 1.88. The predicted molar refractivity (Wildman–Crippen MR) is 70.2 cm³/mol. The zero-order chi connectivity index (χ0) is 11.7. The molecule has 0 radical (unpaired) electrons. The van der Waals surface area contributed by atoms with Crippen LogP contribution in [0.1, 0.15) is 31.2 Å². The molecule has 1 N–H and O–H groups in total. The van der Waals surface area contributed by atoms with Crippen molar-refractivity contribution in [3.63, 3.8) is 0 Å². The highest BCUT2D eigenvalue weighted by molar-refractivity contribution is 5.70. The van der Waals surface area contributed by atoms with Crippen molar-refractivity contribution in [2.45, 2.75) is 37.8 Å². The van der Waals surface area contributed by atoms with Gasteiger partial charge < -0.3 is 10.1 Å². The van der Waals surface area contributed by atoms with E-state index in [2.05, 4.69) is 23.5 Å². The van der Waals surface area contributed by atoms with E-state index < -0.39 is 0 Å². The van der Waals surface area contributed by atoms with E-state index in [1.807, 2.05) is 12.1 Å². The van der Waals surface area contributed by atoms with Gasteiger partial charge in [-0.05, 0) is 49.0 Å². The molecule has 0 aliphatic carbocycles. The number of allylic oxidation sites excluding steroid dienone is 1. The lowest BCUT2D eigenvalue weighted by atomic mass is 9.94. The molecule has 2 nitrogen and oxygen atoms in total. The van der Waals surface area contributed by atoms with Crippen molar-refractivity contribution < 1.29 is 4.74 Å². The molecule has 0 aromatic heterocycles. The SMILES string of the molecule is COc1ccc(C2=CCCC3CCC2N3)cc1. The minimum atomic E-state index is 0.566. The van der Waals surface area contributed by atoms with Crippen molar-refractivity contribution in [1.29, 1.82) is 0 Å². The van der Waals surface area contributed by atoms with E-state index in [0.717, 1.165) is 11.8 Å². The molecule has 1 aromatic rings. The molecule has 1 aromatic carbocycles. The third kappa shape index (κ3) is 2.09. The van der Waals surface area contributed by atoms with Crippen molar-refractivity contribution in [1.82, 2.24) is 5.32 Å². The lowest BCUT2D eigenvalue weighted by molar-refractivity contribution is 0.415. The summed E-state index contributed by atoms with van der Waals surface area (Å²) in [7, 11) is 1.71. The fourth-order valence-electron chi connectivity index (χ4n) is 2.98. The molecule has 1 saturated heterocycles. The molecule has 0 spiro atoms. The first-order chi connectivity index (χ1) is 8.36. The van der Waals surface area contributed by atoms with Crippen LogP contribution in [0.5, 0.6) is 5.75 Å². The maximum Gasteiger partial charge on any atom is 0.118 e. The topological polar surface area (TPSA) is 21.3 Å². The van der Waals surface area contributed by atoms with Gasteiger partial charge in [0.2, 0.25) is 0 Å². The Morgan fingerprint density at radius 3 is 2.71 bits per heavy atom. The Morgan fingerprint density at radius 2 is 1.94 bits per heavy atom. The Morgan fingerprint density at radius 1 is 1.12 bits per heavy atom. The van der Waals surface area contributed by atoms with E-state index in [4.69, 9.17) is 4.74 Å². The molecule has 2 bridgehead atoms. The Labute approximate surface area is 103 Å². The lowest BCUT2D eigenvalue weighted by Gasteiger charge is -2.15. The molecule has 1 fully saturated rings. The average Bonchev–Trinajstić information content (AvgIpc) is 2.71. The number of hydrogen-bond donors (Lipinski definition) is 1. The number of nitrogens with one attached hydrogen (secondary N) is 1. The first kappa shape index (κ1) is 10.8. The van der Waals surface area contributed by atoms with Crippen LogP contribution < -0.4 is 10.1 Å². The van der Waals surface area contributed by atoms with Crippen LogP contribution in [0.3, 0.4) is 0 Å². The van der Waals surface area contributed by atoms with Crippen LogP contribution in [-0.4, -0.2) is 19.2 Å². The zero-order valence-electron chi connectivity index (χ0n) is 10.3. The molecule has 2 heteroatoms. The van der Waals surface area contributed by atoms with Crippen LogP contribution >= 0.6 is 0 Å². The number of rotatable bonds is 2. The minimum absolute atomic E-state index is 0.566. The molecule has 17 heavy (non-hydrogen) atoms. The first-order valence-electron chi connectivity index (χ1n) is 6.47. The lowest BCUT2D eigenvalue weighted by Crippen LogP contribution is -2.28. The normalized spacial score (nSPS) is 27.5. The second kappa shape index (κ2) is 4.53. The summed E-state index contributed by atoms with van der Waals surface area (Å²) in [4.78, 5) is 0.